The number of hydrogen-bond acceptors (Lipinski definition) is 6. The number of methoxy groups -OCH3 is 1. The number of carbonyl (C=O) groups excluding carboxylic acids is 2. The maximum atomic E-state index is 12.1. The van der Waals surface area contributed by atoms with Gasteiger partial charge in [0.05, 0.1) is 35.8 Å². The van der Waals surface area contributed by atoms with Gasteiger partial charge in [-0.05, 0) is 65.8 Å². The Morgan fingerprint density at radius 1 is 1.10 bits per heavy atom. The first kappa shape index (κ1) is 24.4. The van der Waals surface area contributed by atoms with Gasteiger partial charge >= 0.3 is 0 Å². The summed E-state index contributed by atoms with van der Waals surface area (Å²) in [6.07, 6.45) is 2.01. The van der Waals surface area contributed by atoms with Gasteiger partial charge in [0.25, 0.3) is 0 Å². The fourth-order valence-corrected chi connectivity index (χ4v) is 3.36. The minimum absolute atomic E-state index is 0.374. The van der Waals surface area contributed by atoms with E-state index in [1.807, 2.05) is 19.9 Å². The molecule has 0 aromatic heterocycles. The zero-order chi connectivity index (χ0) is 22.6. The molecule has 0 fully saturated rings. The first-order valence-corrected chi connectivity index (χ1v) is 10.9. The van der Waals surface area contributed by atoms with Crippen LogP contribution in [-0.2, 0) is 9.59 Å². The van der Waals surface area contributed by atoms with Crippen LogP contribution in [0.4, 0.5) is 5.69 Å². The topological polar surface area (TPSA) is 98.2 Å². The minimum atomic E-state index is -0.536. The molecule has 0 spiro atoms. The van der Waals surface area contributed by atoms with Crippen molar-refractivity contribution in [3.8, 4) is 17.2 Å². The third kappa shape index (κ3) is 7.74. The van der Waals surface area contributed by atoms with E-state index in [1.165, 1.54) is 13.3 Å². The zero-order valence-corrected chi connectivity index (χ0v) is 19.9. The predicted molar refractivity (Wildman–Crippen MR) is 128 cm³/mol. The highest BCUT2D eigenvalue weighted by molar-refractivity contribution is 14.1. The molecule has 8 nitrogen and oxygen atoms in total. The number of rotatable bonds is 11. The van der Waals surface area contributed by atoms with Crippen molar-refractivity contribution in [3.63, 3.8) is 0 Å². The Bertz CT molecular complexity index is 933. The van der Waals surface area contributed by atoms with Crippen LogP contribution in [0.3, 0.4) is 0 Å². The fraction of sp³-hybridized carbons (Fsp3) is 0.318. The Balaban J connectivity index is 1.96. The number of para-hydroxylation sites is 2. The number of anilines is 1. The molecule has 0 saturated heterocycles. The van der Waals surface area contributed by atoms with Crippen molar-refractivity contribution >= 4 is 46.3 Å². The molecule has 31 heavy (non-hydrogen) atoms. The lowest BCUT2D eigenvalue weighted by Gasteiger charge is -2.14. The molecule has 2 aromatic rings. The summed E-state index contributed by atoms with van der Waals surface area (Å²) < 4.78 is 17.5. The Morgan fingerprint density at radius 2 is 1.87 bits per heavy atom. The van der Waals surface area contributed by atoms with Crippen LogP contribution in [0, 0.1) is 3.57 Å². The summed E-state index contributed by atoms with van der Waals surface area (Å²) in [4.78, 5) is 24.1. The average molecular weight is 539 g/mol. The molecule has 2 amide bonds. The van der Waals surface area contributed by atoms with Crippen LogP contribution in [0.1, 0.15) is 32.3 Å². The van der Waals surface area contributed by atoms with E-state index in [9.17, 15) is 9.59 Å². The van der Waals surface area contributed by atoms with Crippen molar-refractivity contribution in [3.05, 3.63) is 45.5 Å². The van der Waals surface area contributed by atoms with Gasteiger partial charge in [-0.1, -0.05) is 19.1 Å². The van der Waals surface area contributed by atoms with E-state index in [4.69, 9.17) is 14.2 Å². The highest BCUT2D eigenvalue weighted by Crippen LogP contribution is 2.34. The second-order valence-corrected chi connectivity index (χ2v) is 7.49. The lowest BCUT2D eigenvalue weighted by atomic mass is 10.2. The smallest absolute Gasteiger partial charge is 0.249 e. The molecular weight excluding hydrogens is 513 g/mol. The molecule has 9 heteroatoms. The van der Waals surface area contributed by atoms with Crippen LogP contribution in [0.5, 0.6) is 17.2 Å². The van der Waals surface area contributed by atoms with Gasteiger partial charge in [0.2, 0.25) is 11.8 Å². The van der Waals surface area contributed by atoms with Crippen molar-refractivity contribution in [1.82, 2.24) is 5.43 Å². The van der Waals surface area contributed by atoms with E-state index in [1.54, 1.807) is 30.3 Å². The maximum absolute atomic E-state index is 12.1. The van der Waals surface area contributed by atoms with E-state index >= 15 is 0 Å². The third-order valence-corrected chi connectivity index (χ3v) is 4.69. The summed E-state index contributed by atoms with van der Waals surface area (Å²) in [7, 11) is 1.51. The fourth-order valence-electron chi connectivity index (χ4n) is 2.58. The largest absolute Gasteiger partial charge is 0.495 e. The predicted octanol–water partition coefficient (Wildman–Crippen LogP) is 3.97. The SMILES string of the molecule is CCCOc1c(I)cc(C=NNC(=O)CC(=O)Nc2ccccc2OC)cc1OCC. The van der Waals surface area contributed by atoms with Crippen molar-refractivity contribution in [2.75, 3.05) is 25.6 Å². The Kier molecular flexibility index (Phi) is 10.1. The Labute approximate surface area is 195 Å². The Hall–Kier alpha value is -2.82. The van der Waals surface area contributed by atoms with Gasteiger partial charge in [-0.25, -0.2) is 5.43 Å². The molecule has 2 rings (SSSR count). The number of ether oxygens (including phenoxy) is 3. The van der Waals surface area contributed by atoms with Crippen LogP contribution in [-0.4, -0.2) is 38.4 Å². The standard InChI is InChI=1S/C22H26IN3O5/c1-4-10-31-22-16(23)11-15(12-19(22)30-5-2)14-24-26-21(28)13-20(27)25-17-8-6-7-9-18(17)29-3/h6-9,11-12,14H,4-5,10,13H2,1-3H3,(H,25,27)(H,26,28). The minimum Gasteiger partial charge on any atom is -0.495 e. The van der Waals surface area contributed by atoms with Gasteiger partial charge < -0.3 is 19.5 Å². The van der Waals surface area contributed by atoms with Crippen molar-refractivity contribution in [1.29, 1.82) is 0 Å². The average Bonchev–Trinajstić information content (AvgIpc) is 2.73. The number of benzene rings is 2. The van der Waals surface area contributed by atoms with E-state index in [2.05, 4.69) is 38.4 Å². The molecule has 0 aliphatic carbocycles. The van der Waals surface area contributed by atoms with Gasteiger partial charge in [-0.2, -0.15) is 5.10 Å². The van der Waals surface area contributed by atoms with E-state index in [0.29, 0.717) is 36.1 Å². The molecule has 0 saturated carbocycles. The van der Waals surface area contributed by atoms with Crippen molar-refractivity contribution in [2.45, 2.75) is 26.7 Å². The lowest BCUT2D eigenvalue weighted by molar-refractivity contribution is -0.126. The molecule has 166 valence electrons. The van der Waals surface area contributed by atoms with Crippen LogP contribution in [0.2, 0.25) is 0 Å². The first-order valence-electron chi connectivity index (χ1n) is 9.82. The monoisotopic (exact) mass is 539 g/mol. The summed E-state index contributed by atoms with van der Waals surface area (Å²) in [5.74, 6) is 0.819. The second kappa shape index (κ2) is 12.8. The van der Waals surface area contributed by atoms with Crippen LogP contribution >= 0.6 is 22.6 Å². The molecule has 0 bridgehead atoms. The summed E-state index contributed by atoms with van der Waals surface area (Å²) in [5, 5.41) is 6.58. The Morgan fingerprint density at radius 3 is 2.58 bits per heavy atom. The van der Waals surface area contributed by atoms with E-state index in [-0.39, 0.29) is 6.42 Å². The van der Waals surface area contributed by atoms with Crippen molar-refractivity contribution < 1.29 is 23.8 Å². The van der Waals surface area contributed by atoms with E-state index < -0.39 is 11.8 Å². The summed E-state index contributed by atoms with van der Waals surface area (Å²) in [6, 6.07) is 10.6. The van der Waals surface area contributed by atoms with Crippen LogP contribution in [0.15, 0.2) is 41.5 Å². The number of hydrogen-bond donors (Lipinski definition) is 2. The summed E-state index contributed by atoms with van der Waals surface area (Å²) >= 11 is 2.17. The molecule has 0 aliphatic heterocycles. The molecule has 2 N–H and O–H groups in total. The first-order chi connectivity index (χ1) is 15.0. The molecule has 0 heterocycles. The number of hydrazone groups is 1. The van der Waals surface area contributed by atoms with Gasteiger partial charge in [-0.15, -0.1) is 0 Å². The highest BCUT2D eigenvalue weighted by atomic mass is 127. The third-order valence-electron chi connectivity index (χ3n) is 3.89. The number of amides is 2. The number of nitrogens with zero attached hydrogens (tertiary/aromatic N) is 1. The quantitative estimate of drug-likeness (QED) is 0.195. The molecule has 0 atom stereocenters. The molecule has 0 aliphatic rings. The number of carbonyl (C=O) groups is 2. The maximum Gasteiger partial charge on any atom is 0.249 e. The zero-order valence-electron chi connectivity index (χ0n) is 17.7. The number of halogens is 1. The van der Waals surface area contributed by atoms with Gasteiger partial charge in [-0.3, -0.25) is 9.59 Å². The van der Waals surface area contributed by atoms with Crippen LogP contribution in [0.25, 0.3) is 0 Å². The second-order valence-electron chi connectivity index (χ2n) is 6.33. The molecular formula is C22H26IN3O5. The molecule has 2 aromatic carbocycles. The summed E-state index contributed by atoms with van der Waals surface area (Å²) in [6.45, 7) is 5.02. The van der Waals surface area contributed by atoms with Gasteiger partial charge in [0.1, 0.15) is 12.2 Å². The van der Waals surface area contributed by atoms with Crippen molar-refractivity contribution in [2.24, 2.45) is 5.10 Å². The lowest BCUT2D eigenvalue weighted by Crippen LogP contribution is -2.24. The highest BCUT2D eigenvalue weighted by Gasteiger charge is 2.13. The normalized spacial score (nSPS) is 10.6. The molecule has 0 radical (unpaired) electrons. The summed E-state index contributed by atoms with van der Waals surface area (Å²) in [5.41, 5.74) is 3.59. The number of nitrogens with one attached hydrogen (secondary N) is 2. The van der Waals surface area contributed by atoms with Crippen LogP contribution < -0.4 is 25.0 Å². The van der Waals surface area contributed by atoms with E-state index in [0.717, 1.165) is 15.6 Å². The van der Waals surface area contributed by atoms with Gasteiger partial charge in [0, 0.05) is 0 Å². The van der Waals surface area contributed by atoms with Gasteiger partial charge in [0.15, 0.2) is 11.5 Å². The molecule has 0 unspecified atom stereocenters.